The molecular weight excluding hydrogens is 398 g/mol. The molecule has 0 radical (unpaired) electrons. The average Bonchev–Trinajstić information content (AvgIpc) is 2.56. The molecule has 2 aliphatic rings. The molecule has 0 aliphatic carbocycles. The van der Waals surface area contributed by atoms with E-state index in [9.17, 15) is 43.3 Å². The minimum absolute atomic E-state index is 0.512. The number of carbonyl (C=O) groups is 1. The minimum Gasteiger partial charge on any atom is -0.726 e. The quantitative estimate of drug-likeness (QED) is 0.200. The highest BCUT2D eigenvalue weighted by atomic mass is 32.3. The van der Waals surface area contributed by atoms with Gasteiger partial charge in [0.05, 0.1) is 12.6 Å². The van der Waals surface area contributed by atoms with E-state index in [-0.39, 0.29) is 0 Å². The lowest BCUT2D eigenvalue weighted by Crippen LogP contribution is -2.64. The molecule has 6 N–H and O–H groups in total. The highest BCUT2D eigenvalue weighted by molar-refractivity contribution is 7.80. The van der Waals surface area contributed by atoms with E-state index in [1.54, 1.807) is 0 Å². The Morgan fingerprint density at radius 2 is 1.93 bits per heavy atom. The van der Waals surface area contributed by atoms with Crippen molar-refractivity contribution in [3.8, 4) is 0 Å². The van der Waals surface area contributed by atoms with Crippen LogP contribution in [0.25, 0.3) is 0 Å². The van der Waals surface area contributed by atoms with Crippen molar-refractivity contribution >= 4 is 16.4 Å². The molecule has 0 aromatic carbocycles. The predicted octanol–water partition coefficient (Wildman–Crippen LogP) is -6.03. The first-order valence-electron chi connectivity index (χ1n) is 7.40. The predicted molar refractivity (Wildman–Crippen MR) is 75.4 cm³/mol. The summed E-state index contributed by atoms with van der Waals surface area (Å²) >= 11 is 0. The fourth-order valence-corrected chi connectivity index (χ4v) is 3.00. The third kappa shape index (κ3) is 5.11. The van der Waals surface area contributed by atoms with Crippen LogP contribution in [-0.4, -0.2) is 95.1 Å². The maximum absolute atomic E-state index is 11.0. The first-order valence-corrected chi connectivity index (χ1v) is 8.73. The zero-order valence-electron chi connectivity index (χ0n) is 13.4. The lowest BCUT2D eigenvalue weighted by atomic mass is 9.97. The molecule has 0 saturated carbocycles. The average molecular weight is 415 g/mol. The molecule has 1 fully saturated rings. The van der Waals surface area contributed by atoms with Crippen LogP contribution in [0.3, 0.4) is 0 Å². The molecule has 8 unspecified atom stereocenters. The summed E-state index contributed by atoms with van der Waals surface area (Å²) in [6.45, 7) is -0.810. The summed E-state index contributed by atoms with van der Waals surface area (Å²) in [5, 5.41) is 49.8. The number of hydrogen-bond acceptors (Lipinski definition) is 14. The zero-order chi connectivity index (χ0) is 20.5. The van der Waals surface area contributed by atoms with Crippen LogP contribution < -0.4 is 10.8 Å². The van der Waals surface area contributed by atoms with Crippen LogP contribution in [0.4, 0.5) is 0 Å². The molecule has 2 aliphatic heterocycles. The second kappa shape index (κ2) is 8.31. The van der Waals surface area contributed by atoms with E-state index in [0.717, 1.165) is 0 Å². The van der Waals surface area contributed by atoms with Crippen molar-refractivity contribution in [2.24, 2.45) is 5.73 Å². The molecule has 27 heavy (non-hydrogen) atoms. The number of aliphatic hydroxyl groups excluding tert-OH is 4. The molecular formula is C12H17NO13S-2. The smallest absolute Gasteiger partial charge is 0.231 e. The van der Waals surface area contributed by atoms with Crippen molar-refractivity contribution < 1.29 is 61.7 Å². The van der Waals surface area contributed by atoms with Crippen LogP contribution in [-0.2, 0) is 33.6 Å². The third-order valence-electron chi connectivity index (χ3n) is 3.81. The number of aliphatic carboxylic acids is 1. The van der Waals surface area contributed by atoms with Gasteiger partial charge >= 0.3 is 0 Å². The van der Waals surface area contributed by atoms with Gasteiger partial charge in [0.2, 0.25) is 16.7 Å². The fraction of sp³-hybridized carbons (Fsp3) is 0.750. The number of nitrogens with two attached hydrogens (primary N) is 1. The van der Waals surface area contributed by atoms with Crippen LogP contribution in [0.15, 0.2) is 11.8 Å². The lowest BCUT2D eigenvalue weighted by Gasteiger charge is -2.44. The SMILES string of the molecule is NC1C(O)OC(CO)C(OC2OC(C(=O)[O-])=CC(O)C2OS(=O)(=O)[O-])C1O. The molecule has 8 atom stereocenters. The number of carboxylic acids is 1. The number of ether oxygens (including phenoxy) is 3. The molecule has 0 amide bonds. The van der Waals surface area contributed by atoms with E-state index >= 15 is 0 Å². The summed E-state index contributed by atoms with van der Waals surface area (Å²) < 4.78 is 51.7. The van der Waals surface area contributed by atoms with Crippen molar-refractivity contribution in [2.75, 3.05) is 6.61 Å². The summed E-state index contributed by atoms with van der Waals surface area (Å²) in [4.78, 5) is 11.0. The standard InChI is InChI=1S/C12H19NO13S/c13-6-7(16)9(5(2-14)23-11(6)19)25-12-8(26-27(20,21)22)3(15)1-4(24-12)10(17)18/h1,3,5-9,11-12,14-16,19H,2,13H2,(H,17,18)(H,20,21,22)/p-2. The number of carbonyl (C=O) groups excluding carboxylic acids is 1. The van der Waals surface area contributed by atoms with Gasteiger partial charge in [-0.1, -0.05) is 0 Å². The van der Waals surface area contributed by atoms with Crippen LogP contribution in [0, 0.1) is 0 Å². The molecule has 0 aromatic heterocycles. The number of rotatable bonds is 6. The van der Waals surface area contributed by atoms with Gasteiger partial charge in [-0.25, -0.2) is 8.42 Å². The van der Waals surface area contributed by atoms with Gasteiger partial charge < -0.3 is 54.8 Å². The van der Waals surface area contributed by atoms with Crippen molar-refractivity contribution in [3.63, 3.8) is 0 Å². The lowest BCUT2D eigenvalue weighted by molar-refractivity contribution is -0.320. The van der Waals surface area contributed by atoms with Gasteiger partial charge in [-0.3, -0.25) is 4.18 Å². The summed E-state index contributed by atoms with van der Waals surface area (Å²) in [5.74, 6) is -2.87. The Morgan fingerprint density at radius 1 is 1.30 bits per heavy atom. The maximum atomic E-state index is 11.0. The summed E-state index contributed by atoms with van der Waals surface area (Å²) in [7, 11) is -5.39. The molecule has 0 spiro atoms. The monoisotopic (exact) mass is 415 g/mol. The van der Waals surface area contributed by atoms with Crippen molar-refractivity contribution in [3.05, 3.63) is 11.8 Å². The normalized spacial score (nSPS) is 40.1. The molecule has 0 bridgehead atoms. The van der Waals surface area contributed by atoms with Gasteiger partial charge in [0.15, 0.2) is 12.4 Å². The van der Waals surface area contributed by atoms with Gasteiger partial charge in [0.25, 0.3) is 0 Å². The Balaban J connectivity index is 2.30. The van der Waals surface area contributed by atoms with Gasteiger partial charge in [-0.15, -0.1) is 0 Å². The van der Waals surface area contributed by atoms with Gasteiger partial charge in [0.1, 0.15) is 36.1 Å². The first-order chi connectivity index (χ1) is 12.4. The summed E-state index contributed by atoms with van der Waals surface area (Å²) in [5.41, 5.74) is 5.50. The van der Waals surface area contributed by atoms with E-state index in [4.69, 9.17) is 19.9 Å². The molecule has 0 aromatic rings. The minimum atomic E-state index is -5.39. The van der Waals surface area contributed by atoms with E-state index in [1.165, 1.54) is 0 Å². The second-order valence-corrected chi connectivity index (χ2v) is 6.69. The van der Waals surface area contributed by atoms with Gasteiger partial charge in [-0.05, 0) is 6.08 Å². The topological polar surface area (TPSA) is 241 Å². The Labute approximate surface area is 152 Å². The van der Waals surface area contributed by atoms with E-state index in [1.807, 2.05) is 0 Å². The molecule has 14 nitrogen and oxygen atoms in total. The largest absolute Gasteiger partial charge is 0.726 e. The van der Waals surface area contributed by atoms with Crippen LogP contribution >= 0.6 is 0 Å². The van der Waals surface area contributed by atoms with E-state index < -0.39 is 77.9 Å². The van der Waals surface area contributed by atoms with Gasteiger partial charge in [-0.2, -0.15) is 0 Å². The first kappa shape index (κ1) is 21.9. The number of carboxylic acid groups (broad SMARTS) is 1. The Morgan fingerprint density at radius 3 is 2.44 bits per heavy atom. The maximum Gasteiger partial charge on any atom is 0.231 e. The van der Waals surface area contributed by atoms with Crippen molar-refractivity contribution in [2.45, 2.75) is 49.1 Å². The fourth-order valence-electron chi connectivity index (χ4n) is 2.53. The third-order valence-corrected chi connectivity index (χ3v) is 4.27. The molecule has 2 heterocycles. The van der Waals surface area contributed by atoms with Crippen LogP contribution in [0.1, 0.15) is 0 Å². The summed E-state index contributed by atoms with van der Waals surface area (Å²) in [6.07, 6.45) is -12.0. The highest BCUT2D eigenvalue weighted by Crippen LogP contribution is 2.28. The Hall–Kier alpha value is -1.40. The molecule has 156 valence electrons. The van der Waals surface area contributed by atoms with E-state index in [2.05, 4.69) is 4.18 Å². The number of hydrogen-bond donors (Lipinski definition) is 5. The summed E-state index contributed by atoms with van der Waals surface area (Å²) in [6, 6.07) is -1.43. The zero-order valence-corrected chi connectivity index (χ0v) is 14.2. The van der Waals surface area contributed by atoms with Crippen LogP contribution in [0.2, 0.25) is 0 Å². The highest BCUT2D eigenvalue weighted by Gasteiger charge is 2.48. The van der Waals surface area contributed by atoms with Crippen molar-refractivity contribution in [1.82, 2.24) is 0 Å². The van der Waals surface area contributed by atoms with E-state index in [0.29, 0.717) is 6.08 Å². The molecule has 2 rings (SSSR count). The number of aliphatic hydroxyl groups is 4. The molecule has 15 heteroatoms. The molecule has 1 saturated heterocycles. The Bertz CT molecular complexity index is 679. The Kier molecular flexibility index (Phi) is 6.74. The van der Waals surface area contributed by atoms with Crippen molar-refractivity contribution in [1.29, 1.82) is 0 Å². The second-order valence-electron chi connectivity index (χ2n) is 5.68. The van der Waals surface area contributed by atoms with Crippen LogP contribution in [0.5, 0.6) is 0 Å². The van der Waals surface area contributed by atoms with Gasteiger partial charge in [0, 0.05) is 0 Å².